The van der Waals surface area contributed by atoms with Gasteiger partial charge in [-0.25, -0.2) is 4.39 Å². The van der Waals surface area contributed by atoms with Crippen molar-refractivity contribution >= 4 is 69.2 Å². The van der Waals surface area contributed by atoms with Gasteiger partial charge >= 0.3 is 0 Å². The molecule has 3 aromatic rings. The zero-order valence-corrected chi connectivity index (χ0v) is 20.7. The van der Waals surface area contributed by atoms with Gasteiger partial charge in [0, 0.05) is 5.69 Å². The first-order chi connectivity index (χ1) is 16.9. The van der Waals surface area contributed by atoms with Crippen molar-refractivity contribution < 1.29 is 23.5 Å². The normalized spacial score (nSPS) is 14.4. The average molecular weight is 529 g/mol. The number of nitrogens with one attached hydrogen (secondary N) is 1. The molecular formula is C25H18ClFN2O4S2. The number of thiocarbonyl (C=S) groups is 1. The van der Waals surface area contributed by atoms with Gasteiger partial charge in [-0.2, -0.15) is 0 Å². The molecule has 1 N–H and O–H groups in total. The van der Waals surface area contributed by atoms with Crippen molar-refractivity contribution in [2.75, 3.05) is 23.9 Å². The first kappa shape index (κ1) is 24.7. The molecule has 3 aromatic carbocycles. The van der Waals surface area contributed by atoms with E-state index in [9.17, 15) is 14.0 Å². The van der Waals surface area contributed by atoms with Gasteiger partial charge in [0.2, 0.25) is 0 Å². The number of thioether (sulfide) groups is 1. The summed E-state index contributed by atoms with van der Waals surface area (Å²) < 4.78 is 24.8. The Bertz CT molecular complexity index is 1330. The number of halogens is 2. The smallest absolute Gasteiger partial charge is 0.270 e. The number of hydrogen-bond acceptors (Lipinski definition) is 6. The second-order valence-electron chi connectivity index (χ2n) is 7.23. The second kappa shape index (κ2) is 10.9. The lowest BCUT2D eigenvalue weighted by atomic mass is 10.2. The predicted octanol–water partition coefficient (Wildman–Crippen LogP) is 5.91. The van der Waals surface area contributed by atoms with Crippen LogP contribution in [-0.4, -0.2) is 29.9 Å². The Morgan fingerprint density at radius 3 is 2.63 bits per heavy atom. The van der Waals surface area contributed by atoms with Crippen molar-refractivity contribution in [1.29, 1.82) is 0 Å². The van der Waals surface area contributed by atoms with Gasteiger partial charge in [0.25, 0.3) is 11.8 Å². The van der Waals surface area contributed by atoms with Crippen LogP contribution >= 0.6 is 35.6 Å². The van der Waals surface area contributed by atoms with Crippen LogP contribution in [0.2, 0.25) is 5.02 Å². The summed E-state index contributed by atoms with van der Waals surface area (Å²) in [7, 11) is 1.48. The maximum Gasteiger partial charge on any atom is 0.270 e. The summed E-state index contributed by atoms with van der Waals surface area (Å²) in [4.78, 5) is 26.8. The molecular weight excluding hydrogens is 511 g/mol. The molecule has 1 aliphatic heterocycles. The van der Waals surface area contributed by atoms with E-state index in [4.69, 9.17) is 33.3 Å². The molecule has 0 atom stereocenters. The molecule has 35 heavy (non-hydrogen) atoms. The zero-order chi connectivity index (χ0) is 24.9. The number of para-hydroxylation sites is 1. The molecule has 0 unspecified atom stereocenters. The fourth-order valence-corrected chi connectivity index (χ4v) is 4.69. The van der Waals surface area contributed by atoms with Gasteiger partial charge < -0.3 is 14.8 Å². The molecule has 0 radical (unpaired) electrons. The van der Waals surface area contributed by atoms with E-state index < -0.39 is 5.82 Å². The number of methoxy groups -OCH3 is 1. The maximum atomic E-state index is 13.5. The van der Waals surface area contributed by atoms with Crippen LogP contribution in [0.1, 0.15) is 5.56 Å². The second-order valence-corrected chi connectivity index (χ2v) is 9.31. The molecule has 1 saturated heterocycles. The van der Waals surface area contributed by atoms with E-state index in [2.05, 4.69) is 5.32 Å². The van der Waals surface area contributed by atoms with E-state index in [1.165, 1.54) is 30.2 Å². The summed E-state index contributed by atoms with van der Waals surface area (Å²) in [6.45, 7) is -0.205. The minimum atomic E-state index is -0.580. The highest BCUT2D eigenvalue weighted by Crippen LogP contribution is 2.38. The molecule has 2 amide bonds. The largest absolute Gasteiger partial charge is 0.493 e. The average Bonchev–Trinajstić information content (AvgIpc) is 3.13. The number of ether oxygens (including phenoxy) is 2. The third-order valence-corrected chi connectivity index (χ3v) is 6.45. The van der Waals surface area contributed by atoms with E-state index in [0.717, 1.165) is 11.8 Å². The minimum absolute atomic E-state index is 0.0988. The van der Waals surface area contributed by atoms with E-state index in [-0.39, 0.29) is 23.4 Å². The summed E-state index contributed by atoms with van der Waals surface area (Å²) in [5, 5.41) is 2.64. The van der Waals surface area contributed by atoms with Gasteiger partial charge in [0.15, 0.2) is 22.4 Å². The molecule has 0 aromatic heterocycles. The number of carbonyl (C=O) groups is 2. The monoisotopic (exact) mass is 528 g/mol. The van der Waals surface area contributed by atoms with Gasteiger partial charge in [-0.15, -0.1) is 0 Å². The van der Waals surface area contributed by atoms with Crippen molar-refractivity contribution in [3.63, 3.8) is 0 Å². The lowest BCUT2D eigenvalue weighted by Gasteiger charge is -2.14. The third-order valence-electron chi connectivity index (χ3n) is 4.86. The van der Waals surface area contributed by atoms with Gasteiger partial charge in [0.1, 0.15) is 5.82 Å². The van der Waals surface area contributed by atoms with Crippen LogP contribution in [0.4, 0.5) is 15.8 Å². The predicted molar refractivity (Wildman–Crippen MR) is 141 cm³/mol. The van der Waals surface area contributed by atoms with Crippen LogP contribution in [-0.2, 0) is 9.59 Å². The molecule has 1 aliphatic rings. The van der Waals surface area contributed by atoms with E-state index in [1.807, 2.05) is 18.2 Å². The summed E-state index contributed by atoms with van der Waals surface area (Å²) >= 11 is 12.3. The first-order valence-corrected chi connectivity index (χ1v) is 11.8. The Morgan fingerprint density at radius 2 is 1.91 bits per heavy atom. The molecule has 6 nitrogen and oxygen atoms in total. The SMILES string of the molecule is COc1cc(/C=C2\SC(=S)N(c3ccc(F)c(Cl)c3)C2=O)ccc1OCC(=O)Nc1ccccc1. The van der Waals surface area contributed by atoms with Crippen molar-refractivity contribution in [2.45, 2.75) is 0 Å². The third kappa shape index (κ3) is 5.82. The Balaban J connectivity index is 1.47. The zero-order valence-electron chi connectivity index (χ0n) is 18.3. The Kier molecular flexibility index (Phi) is 7.70. The van der Waals surface area contributed by atoms with Crippen LogP contribution in [0.15, 0.2) is 71.6 Å². The maximum absolute atomic E-state index is 13.5. The van der Waals surface area contributed by atoms with Crippen LogP contribution < -0.4 is 19.7 Å². The highest BCUT2D eigenvalue weighted by molar-refractivity contribution is 8.27. The van der Waals surface area contributed by atoms with Gasteiger partial charge in [-0.1, -0.05) is 59.8 Å². The van der Waals surface area contributed by atoms with E-state index in [0.29, 0.717) is 37.7 Å². The van der Waals surface area contributed by atoms with E-state index >= 15 is 0 Å². The van der Waals surface area contributed by atoms with Crippen LogP contribution in [0, 0.1) is 5.82 Å². The fourth-order valence-electron chi connectivity index (χ4n) is 3.22. The summed E-state index contributed by atoms with van der Waals surface area (Å²) in [5.41, 5.74) is 1.72. The molecule has 10 heteroatoms. The number of nitrogens with zero attached hydrogens (tertiary/aromatic N) is 1. The number of rotatable bonds is 7. The Morgan fingerprint density at radius 1 is 1.14 bits per heavy atom. The van der Waals surface area contributed by atoms with Crippen molar-refractivity contribution in [2.24, 2.45) is 0 Å². The van der Waals surface area contributed by atoms with Gasteiger partial charge in [-0.3, -0.25) is 14.5 Å². The van der Waals surface area contributed by atoms with Crippen molar-refractivity contribution in [3.05, 3.63) is 88.0 Å². The Labute approximate surface area is 215 Å². The fraction of sp³-hybridized carbons (Fsp3) is 0.0800. The lowest BCUT2D eigenvalue weighted by Crippen LogP contribution is -2.27. The summed E-state index contributed by atoms with van der Waals surface area (Å²) in [5.74, 6) is -0.469. The highest BCUT2D eigenvalue weighted by atomic mass is 35.5. The number of amides is 2. The first-order valence-electron chi connectivity index (χ1n) is 10.2. The topological polar surface area (TPSA) is 67.9 Å². The Hall–Kier alpha value is -3.40. The standard InChI is InChI=1S/C25H18ClFN2O4S2/c1-32-21-11-15(7-10-20(21)33-14-23(30)28-16-5-3-2-4-6-16)12-22-24(31)29(25(34)35-22)17-8-9-19(27)18(26)13-17/h2-13H,14H2,1H3,(H,28,30)/b22-12-. The molecule has 178 valence electrons. The number of benzene rings is 3. The molecule has 0 aliphatic carbocycles. The number of carbonyl (C=O) groups excluding carboxylic acids is 2. The molecule has 1 heterocycles. The van der Waals surface area contributed by atoms with E-state index in [1.54, 1.807) is 36.4 Å². The van der Waals surface area contributed by atoms with Crippen molar-refractivity contribution in [3.8, 4) is 11.5 Å². The minimum Gasteiger partial charge on any atom is -0.493 e. The number of anilines is 2. The summed E-state index contributed by atoms with van der Waals surface area (Å²) in [6.07, 6.45) is 1.67. The van der Waals surface area contributed by atoms with Gasteiger partial charge in [0.05, 0.1) is 22.7 Å². The van der Waals surface area contributed by atoms with Gasteiger partial charge in [-0.05, 0) is 54.1 Å². The van der Waals surface area contributed by atoms with Crippen molar-refractivity contribution in [1.82, 2.24) is 0 Å². The van der Waals surface area contributed by atoms with Crippen LogP contribution in [0.25, 0.3) is 6.08 Å². The lowest BCUT2D eigenvalue weighted by molar-refractivity contribution is -0.118. The molecule has 4 rings (SSSR count). The van der Waals surface area contributed by atoms with Crippen LogP contribution in [0.3, 0.4) is 0 Å². The quantitative estimate of drug-likeness (QED) is 0.304. The molecule has 1 fully saturated rings. The number of hydrogen-bond donors (Lipinski definition) is 1. The molecule has 0 bridgehead atoms. The highest BCUT2D eigenvalue weighted by Gasteiger charge is 2.33. The molecule has 0 saturated carbocycles. The van der Waals surface area contributed by atoms with Crippen LogP contribution in [0.5, 0.6) is 11.5 Å². The summed E-state index contributed by atoms with van der Waals surface area (Å²) in [6, 6.07) is 18.1. The molecule has 0 spiro atoms.